The Morgan fingerprint density at radius 1 is 0.800 bits per heavy atom. The minimum Gasteiger partial charge on any atom is -0.333 e. The first-order chi connectivity index (χ1) is 12.0. The van der Waals surface area contributed by atoms with Crippen molar-refractivity contribution in [3.8, 4) is 0 Å². The van der Waals surface area contributed by atoms with Gasteiger partial charge >= 0.3 is 0 Å². The molecule has 0 aliphatic carbocycles. The molecule has 0 unspecified atom stereocenters. The fourth-order valence-corrected chi connectivity index (χ4v) is 5.51. The molecule has 25 heavy (non-hydrogen) atoms. The van der Waals surface area contributed by atoms with Crippen LogP contribution in [-0.4, -0.2) is 5.54 Å². The summed E-state index contributed by atoms with van der Waals surface area (Å²) >= 11 is 1.91. The molecule has 0 N–H and O–H groups in total. The first kappa shape index (κ1) is 18.4. The molecule has 0 atom stereocenters. The van der Waals surface area contributed by atoms with Gasteiger partial charge in [0.15, 0.2) is 0 Å². The largest absolute Gasteiger partial charge is 0.333 e. The number of fused-ring (bicyclic) bond motifs is 2. The third-order valence-electron chi connectivity index (χ3n) is 5.14. The number of hydrogen-bond acceptors (Lipinski definition) is 2. The minimum atomic E-state index is 0.162. The SMILES string of the molecule is CCC(CC(C)C)(CC(C)C)N1c2ccccc2Sc2ccccc21. The maximum Gasteiger partial charge on any atom is 0.0558 e. The maximum atomic E-state index is 2.69. The molecule has 0 fully saturated rings. The Morgan fingerprint density at radius 2 is 1.24 bits per heavy atom. The average molecular weight is 354 g/mol. The molecule has 3 rings (SSSR count). The molecule has 1 aliphatic heterocycles. The van der Waals surface area contributed by atoms with Crippen LogP contribution < -0.4 is 4.90 Å². The lowest BCUT2D eigenvalue weighted by Gasteiger charge is -2.50. The fourth-order valence-electron chi connectivity index (χ4n) is 4.45. The van der Waals surface area contributed by atoms with Gasteiger partial charge in [0.1, 0.15) is 0 Å². The lowest BCUT2D eigenvalue weighted by atomic mass is 9.77. The molecular formula is C23H31NS. The van der Waals surface area contributed by atoms with Crippen molar-refractivity contribution in [2.24, 2.45) is 11.8 Å². The van der Waals surface area contributed by atoms with E-state index in [-0.39, 0.29) is 5.54 Å². The van der Waals surface area contributed by atoms with E-state index in [0.29, 0.717) is 11.8 Å². The van der Waals surface area contributed by atoms with Crippen molar-refractivity contribution in [2.45, 2.75) is 69.2 Å². The minimum absolute atomic E-state index is 0.162. The summed E-state index contributed by atoms with van der Waals surface area (Å²) in [7, 11) is 0. The van der Waals surface area contributed by atoms with Crippen molar-refractivity contribution in [2.75, 3.05) is 4.90 Å². The molecule has 0 amide bonds. The molecule has 0 radical (unpaired) electrons. The molecule has 134 valence electrons. The van der Waals surface area contributed by atoms with Crippen LogP contribution in [0.5, 0.6) is 0 Å². The van der Waals surface area contributed by atoms with Crippen molar-refractivity contribution in [3.05, 3.63) is 48.5 Å². The van der Waals surface area contributed by atoms with Gasteiger partial charge < -0.3 is 4.90 Å². The third kappa shape index (κ3) is 3.60. The van der Waals surface area contributed by atoms with Gasteiger partial charge in [-0.25, -0.2) is 0 Å². The molecule has 0 aromatic heterocycles. The smallest absolute Gasteiger partial charge is 0.0558 e. The standard InChI is InChI=1S/C23H31NS/c1-6-23(15-17(2)3,16-18(4)5)24-19-11-7-9-13-21(19)25-22-14-10-8-12-20(22)24/h7-14,17-18H,6,15-16H2,1-5H3. The Hall–Kier alpha value is -1.41. The van der Waals surface area contributed by atoms with E-state index in [1.165, 1.54) is 34.0 Å². The van der Waals surface area contributed by atoms with Crippen molar-refractivity contribution in [1.82, 2.24) is 0 Å². The van der Waals surface area contributed by atoms with E-state index >= 15 is 0 Å². The lowest BCUT2D eigenvalue weighted by molar-refractivity contribution is 0.271. The zero-order chi connectivity index (χ0) is 18.0. The zero-order valence-corrected chi connectivity index (χ0v) is 17.1. The number of para-hydroxylation sites is 2. The zero-order valence-electron chi connectivity index (χ0n) is 16.3. The number of benzene rings is 2. The summed E-state index contributed by atoms with van der Waals surface area (Å²) in [5, 5.41) is 0. The highest BCUT2D eigenvalue weighted by Gasteiger charge is 2.40. The molecule has 0 saturated heterocycles. The summed E-state index contributed by atoms with van der Waals surface area (Å²) in [4.78, 5) is 5.45. The highest BCUT2D eigenvalue weighted by molar-refractivity contribution is 7.99. The molecule has 0 bridgehead atoms. The van der Waals surface area contributed by atoms with Crippen LogP contribution in [0.15, 0.2) is 58.3 Å². The Bertz CT molecular complexity index is 664. The number of anilines is 2. The van der Waals surface area contributed by atoms with Crippen molar-refractivity contribution < 1.29 is 0 Å². The second-order valence-corrected chi connectivity index (χ2v) is 9.23. The van der Waals surface area contributed by atoms with Crippen LogP contribution in [0.25, 0.3) is 0 Å². The summed E-state index contributed by atoms with van der Waals surface area (Å²) in [6, 6.07) is 17.9. The average Bonchev–Trinajstić information content (AvgIpc) is 2.58. The quantitative estimate of drug-likeness (QED) is 0.528. The topological polar surface area (TPSA) is 3.24 Å². The molecule has 1 heterocycles. The van der Waals surface area contributed by atoms with Gasteiger partial charge in [0.25, 0.3) is 0 Å². The molecule has 2 heteroatoms. The summed E-state index contributed by atoms with van der Waals surface area (Å²) in [6.07, 6.45) is 3.60. The van der Waals surface area contributed by atoms with E-state index in [1.54, 1.807) is 0 Å². The Morgan fingerprint density at radius 3 is 1.64 bits per heavy atom. The van der Waals surface area contributed by atoms with E-state index in [9.17, 15) is 0 Å². The van der Waals surface area contributed by atoms with Gasteiger partial charge in [-0.1, -0.05) is 70.6 Å². The number of hydrogen-bond donors (Lipinski definition) is 0. The Labute approximate surface area is 157 Å². The summed E-state index contributed by atoms with van der Waals surface area (Å²) in [5.74, 6) is 1.35. The highest BCUT2D eigenvalue weighted by atomic mass is 32.2. The summed E-state index contributed by atoms with van der Waals surface area (Å²) in [5.41, 5.74) is 2.93. The Kier molecular flexibility index (Phi) is 5.48. The molecule has 0 spiro atoms. The van der Waals surface area contributed by atoms with Crippen LogP contribution in [0.4, 0.5) is 11.4 Å². The van der Waals surface area contributed by atoms with Gasteiger partial charge in [-0.2, -0.15) is 0 Å². The predicted octanol–water partition coefficient (Wildman–Crippen LogP) is 7.53. The van der Waals surface area contributed by atoms with E-state index in [4.69, 9.17) is 0 Å². The monoisotopic (exact) mass is 353 g/mol. The van der Waals surface area contributed by atoms with Gasteiger partial charge in [-0.15, -0.1) is 0 Å². The van der Waals surface area contributed by atoms with E-state index in [0.717, 1.165) is 6.42 Å². The molecule has 0 saturated carbocycles. The van der Waals surface area contributed by atoms with Gasteiger partial charge in [-0.3, -0.25) is 0 Å². The normalized spacial score (nSPS) is 14.0. The van der Waals surface area contributed by atoms with E-state index in [2.05, 4.69) is 88.0 Å². The second kappa shape index (κ2) is 7.45. The lowest BCUT2D eigenvalue weighted by Crippen LogP contribution is -2.48. The summed E-state index contributed by atoms with van der Waals surface area (Å²) in [6.45, 7) is 11.8. The van der Waals surface area contributed by atoms with Crippen LogP contribution in [-0.2, 0) is 0 Å². The van der Waals surface area contributed by atoms with Crippen LogP contribution in [0.2, 0.25) is 0 Å². The number of nitrogens with zero attached hydrogens (tertiary/aromatic N) is 1. The highest BCUT2D eigenvalue weighted by Crippen LogP contribution is 2.53. The first-order valence-corrected chi connectivity index (χ1v) is 10.4. The molecular weight excluding hydrogens is 322 g/mol. The van der Waals surface area contributed by atoms with Crippen LogP contribution in [0.1, 0.15) is 53.9 Å². The van der Waals surface area contributed by atoms with Gasteiger partial charge in [-0.05, 0) is 55.4 Å². The van der Waals surface area contributed by atoms with E-state index < -0.39 is 0 Å². The van der Waals surface area contributed by atoms with Crippen LogP contribution in [0, 0.1) is 11.8 Å². The third-order valence-corrected chi connectivity index (χ3v) is 6.27. The van der Waals surface area contributed by atoms with Gasteiger partial charge in [0, 0.05) is 15.3 Å². The molecule has 1 aliphatic rings. The van der Waals surface area contributed by atoms with Gasteiger partial charge in [0.05, 0.1) is 11.4 Å². The maximum absolute atomic E-state index is 2.69. The van der Waals surface area contributed by atoms with Crippen molar-refractivity contribution in [1.29, 1.82) is 0 Å². The number of rotatable bonds is 6. The van der Waals surface area contributed by atoms with Crippen LogP contribution in [0.3, 0.4) is 0 Å². The fraction of sp³-hybridized carbons (Fsp3) is 0.478. The van der Waals surface area contributed by atoms with Crippen LogP contribution >= 0.6 is 11.8 Å². The first-order valence-electron chi connectivity index (χ1n) is 9.63. The molecule has 2 aromatic rings. The van der Waals surface area contributed by atoms with Gasteiger partial charge in [0.2, 0.25) is 0 Å². The summed E-state index contributed by atoms with van der Waals surface area (Å²) < 4.78 is 0. The van der Waals surface area contributed by atoms with Crippen molar-refractivity contribution in [3.63, 3.8) is 0 Å². The van der Waals surface area contributed by atoms with E-state index in [1.807, 2.05) is 11.8 Å². The second-order valence-electron chi connectivity index (χ2n) is 8.15. The predicted molar refractivity (Wildman–Crippen MR) is 111 cm³/mol. The molecule has 2 aromatic carbocycles. The van der Waals surface area contributed by atoms with Crippen molar-refractivity contribution >= 4 is 23.1 Å². The molecule has 1 nitrogen and oxygen atoms in total. The Balaban J connectivity index is 2.21.